The second-order valence-corrected chi connectivity index (χ2v) is 6.86. The molecular formula is C17H36N2O. The molecule has 1 fully saturated rings. The van der Waals surface area contributed by atoms with Crippen LogP contribution in [0.1, 0.15) is 53.4 Å². The summed E-state index contributed by atoms with van der Waals surface area (Å²) < 4.78 is 5.60. The lowest BCUT2D eigenvalue weighted by Gasteiger charge is -2.41. The smallest absolute Gasteiger partial charge is 0.0472 e. The summed E-state index contributed by atoms with van der Waals surface area (Å²) in [7, 11) is 0. The van der Waals surface area contributed by atoms with E-state index in [4.69, 9.17) is 4.74 Å². The Labute approximate surface area is 126 Å². The lowest BCUT2D eigenvalue weighted by atomic mass is 9.79. The summed E-state index contributed by atoms with van der Waals surface area (Å²) in [6.07, 6.45) is 5.03. The second kappa shape index (κ2) is 9.75. The molecule has 120 valence electrons. The molecule has 3 nitrogen and oxygen atoms in total. The number of rotatable bonds is 10. The van der Waals surface area contributed by atoms with Crippen LogP contribution in [-0.4, -0.2) is 50.8 Å². The molecule has 0 bridgehead atoms. The molecule has 1 saturated heterocycles. The Morgan fingerprint density at radius 1 is 1.20 bits per heavy atom. The van der Waals surface area contributed by atoms with Gasteiger partial charge in [0.05, 0.1) is 0 Å². The number of unbranched alkanes of at least 4 members (excludes halogenated alkanes) is 1. The largest absolute Gasteiger partial charge is 0.381 e. The summed E-state index contributed by atoms with van der Waals surface area (Å²) in [6, 6.07) is 0. The zero-order valence-electron chi connectivity index (χ0n) is 14.2. The third-order valence-electron chi connectivity index (χ3n) is 4.44. The second-order valence-electron chi connectivity index (χ2n) is 6.86. The fourth-order valence-electron chi connectivity index (χ4n) is 3.03. The minimum Gasteiger partial charge on any atom is -0.381 e. The Hall–Kier alpha value is -0.120. The molecule has 0 aromatic carbocycles. The number of hydrogen-bond acceptors (Lipinski definition) is 3. The number of nitrogens with zero attached hydrogens (tertiary/aromatic N) is 1. The summed E-state index contributed by atoms with van der Waals surface area (Å²) >= 11 is 0. The van der Waals surface area contributed by atoms with Crippen LogP contribution in [0.2, 0.25) is 0 Å². The van der Waals surface area contributed by atoms with Crippen molar-refractivity contribution in [1.82, 2.24) is 10.2 Å². The van der Waals surface area contributed by atoms with E-state index < -0.39 is 0 Å². The quantitative estimate of drug-likeness (QED) is 0.667. The van der Waals surface area contributed by atoms with Crippen LogP contribution in [0, 0.1) is 11.3 Å². The van der Waals surface area contributed by atoms with Crippen LogP contribution in [0.3, 0.4) is 0 Å². The third kappa shape index (κ3) is 6.55. The Morgan fingerprint density at radius 2 is 1.90 bits per heavy atom. The Kier molecular flexibility index (Phi) is 8.74. The lowest BCUT2D eigenvalue weighted by Crippen LogP contribution is -2.48. The van der Waals surface area contributed by atoms with Crippen molar-refractivity contribution in [3.63, 3.8) is 0 Å². The molecule has 1 aliphatic rings. The molecule has 1 aliphatic heterocycles. The van der Waals surface area contributed by atoms with Crippen molar-refractivity contribution < 1.29 is 4.74 Å². The number of hydrogen-bond donors (Lipinski definition) is 1. The van der Waals surface area contributed by atoms with Gasteiger partial charge in [-0.15, -0.1) is 0 Å². The van der Waals surface area contributed by atoms with Crippen LogP contribution >= 0.6 is 0 Å². The summed E-state index contributed by atoms with van der Waals surface area (Å²) in [5.74, 6) is 0.731. The Balaban J connectivity index is 2.52. The van der Waals surface area contributed by atoms with E-state index in [1.54, 1.807) is 0 Å². The predicted molar refractivity (Wildman–Crippen MR) is 87.2 cm³/mol. The van der Waals surface area contributed by atoms with Gasteiger partial charge in [-0.2, -0.15) is 0 Å². The first kappa shape index (κ1) is 17.9. The fourth-order valence-corrected chi connectivity index (χ4v) is 3.03. The van der Waals surface area contributed by atoms with Crippen LogP contribution in [0.4, 0.5) is 0 Å². The van der Waals surface area contributed by atoms with Gasteiger partial charge < -0.3 is 15.0 Å². The van der Waals surface area contributed by atoms with E-state index >= 15 is 0 Å². The van der Waals surface area contributed by atoms with Crippen molar-refractivity contribution in [1.29, 1.82) is 0 Å². The van der Waals surface area contributed by atoms with E-state index in [1.165, 1.54) is 45.3 Å². The van der Waals surface area contributed by atoms with Gasteiger partial charge in [0.25, 0.3) is 0 Å². The zero-order chi connectivity index (χ0) is 14.8. The minimum absolute atomic E-state index is 0.427. The van der Waals surface area contributed by atoms with E-state index in [1.807, 2.05) is 0 Å². The van der Waals surface area contributed by atoms with E-state index in [2.05, 4.69) is 37.9 Å². The van der Waals surface area contributed by atoms with Crippen LogP contribution in [0.25, 0.3) is 0 Å². The number of nitrogens with one attached hydrogen (secondary N) is 1. The van der Waals surface area contributed by atoms with Crippen LogP contribution in [-0.2, 0) is 4.74 Å². The zero-order valence-corrected chi connectivity index (χ0v) is 14.2. The molecule has 3 heteroatoms. The normalized spacial score (nSPS) is 18.9. The molecule has 0 unspecified atom stereocenters. The van der Waals surface area contributed by atoms with Gasteiger partial charge in [-0.3, -0.25) is 0 Å². The average Bonchev–Trinajstić information content (AvgIpc) is 2.44. The monoisotopic (exact) mass is 284 g/mol. The maximum absolute atomic E-state index is 5.60. The summed E-state index contributed by atoms with van der Waals surface area (Å²) in [4.78, 5) is 2.64. The molecule has 0 aliphatic carbocycles. The summed E-state index contributed by atoms with van der Waals surface area (Å²) in [5, 5.41) is 3.70. The molecule has 0 amide bonds. The average molecular weight is 284 g/mol. The van der Waals surface area contributed by atoms with Crippen LogP contribution < -0.4 is 5.32 Å². The van der Waals surface area contributed by atoms with Gasteiger partial charge in [-0.1, -0.05) is 34.1 Å². The first-order chi connectivity index (χ1) is 9.62. The molecule has 0 radical (unpaired) electrons. The van der Waals surface area contributed by atoms with Crippen molar-refractivity contribution >= 4 is 0 Å². The molecule has 1 heterocycles. The standard InChI is InChI=1S/C17H36N2O/c1-5-7-10-19(6-2)15-17(8-11-20-12-9-17)14-18-13-16(3)4/h16,18H,5-15H2,1-4H3. The maximum Gasteiger partial charge on any atom is 0.0472 e. The first-order valence-corrected chi connectivity index (χ1v) is 8.62. The van der Waals surface area contributed by atoms with Crippen LogP contribution in [0.5, 0.6) is 0 Å². The van der Waals surface area contributed by atoms with Gasteiger partial charge in [0.2, 0.25) is 0 Å². The highest BCUT2D eigenvalue weighted by Crippen LogP contribution is 2.31. The highest BCUT2D eigenvalue weighted by atomic mass is 16.5. The van der Waals surface area contributed by atoms with Gasteiger partial charge in [-0.25, -0.2) is 0 Å². The lowest BCUT2D eigenvalue weighted by molar-refractivity contribution is -0.00405. The van der Waals surface area contributed by atoms with Crippen molar-refractivity contribution in [3.05, 3.63) is 0 Å². The van der Waals surface area contributed by atoms with Gasteiger partial charge in [0, 0.05) is 26.3 Å². The van der Waals surface area contributed by atoms with Crippen molar-refractivity contribution in [2.45, 2.75) is 53.4 Å². The molecule has 0 aromatic rings. The molecule has 0 spiro atoms. The van der Waals surface area contributed by atoms with Gasteiger partial charge in [0.15, 0.2) is 0 Å². The van der Waals surface area contributed by atoms with Crippen molar-refractivity contribution in [3.8, 4) is 0 Å². The van der Waals surface area contributed by atoms with Gasteiger partial charge in [0.1, 0.15) is 0 Å². The molecule has 0 aromatic heterocycles. The topological polar surface area (TPSA) is 24.5 Å². The summed E-state index contributed by atoms with van der Waals surface area (Å²) in [5.41, 5.74) is 0.427. The number of ether oxygens (including phenoxy) is 1. The molecule has 0 atom stereocenters. The van der Waals surface area contributed by atoms with Crippen molar-refractivity contribution in [2.24, 2.45) is 11.3 Å². The highest BCUT2D eigenvalue weighted by molar-refractivity contribution is 4.87. The molecular weight excluding hydrogens is 248 g/mol. The molecule has 1 rings (SSSR count). The SMILES string of the molecule is CCCCN(CC)CC1(CNCC(C)C)CCOCC1. The van der Waals surface area contributed by atoms with Crippen LogP contribution in [0.15, 0.2) is 0 Å². The maximum atomic E-state index is 5.60. The fraction of sp³-hybridized carbons (Fsp3) is 1.00. The molecule has 1 N–H and O–H groups in total. The Morgan fingerprint density at radius 3 is 2.45 bits per heavy atom. The third-order valence-corrected chi connectivity index (χ3v) is 4.44. The van der Waals surface area contributed by atoms with E-state index in [0.29, 0.717) is 5.41 Å². The highest BCUT2D eigenvalue weighted by Gasteiger charge is 2.33. The first-order valence-electron chi connectivity index (χ1n) is 8.62. The molecule has 20 heavy (non-hydrogen) atoms. The van der Waals surface area contributed by atoms with Gasteiger partial charge >= 0.3 is 0 Å². The van der Waals surface area contributed by atoms with Gasteiger partial charge in [-0.05, 0) is 50.2 Å². The van der Waals surface area contributed by atoms with E-state index in [9.17, 15) is 0 Å². The summed E-state index contributed by atoms with van der Waals surface area (Å²) in [6.45, 7) is 17.0. The minimum atomic E-state index is 0.427. The predicted octanol–water partition coefficient (Wildman–Crippen LogP) is 3.15. The Bertz CT molecular complexity index is 237. The molecule has 0 saturated carbocycles. The van der Waals surface area contributed by atoms with E-state index in [0.717, 1.165) is 32.2 Å². The van der Waals surface area contributed by atoms with Crippen molar-refractivity contribution in [2.75, 3.05) is 45.9 Å². The van der Waals surface area contributed by atoms with E-state index in [-0.39, 0.29) is 0 Å².